The van der Waals surface area contributed by atoms with Crippen LogP contribution in [0, 0.1) is 0 Å². The fourth-order valence-corrected chi connectivity index (χ4v) is 4.21. The van der Waals surface area contributed by atoms with Gasteiger partial charge in [-0.05, 0) is 57.2 Å². The molecule has 1 aliphatic heterocycles. The molecule has 0 aliphatic carbocycles. The van der Waals surface area contributed by atoms with Gasteiger partial charge in [0.15, 0.2) is 5.78 Å². The normalized spacial score (nSPS) is 15.3. The summed E-state index contributed by atoms with van der Waals surface area (Å²) >= 11 is 0. The highest BCUT2D eigenvalue weighted by molar-refractivity contribution is 5.97. The number of Topliss-reactive ketones (excluding diaryl/α,β-unsaturated/α-hetero) is 1. The van der Waals surface area contributed by atoms with Crippen LogP contribution in [0.3, 0.4) is 0 Å². The van der Waals surface area contributed by atoms with E-state index in [2.05, 4.69) is 37.2 Å². The van der Waals surface area contributed by atoms with Crippen molar-refractivity contribution in [2.24, 2.45) is 7.05 Å². The summed E-state index contributed by atoms with van der Waals surface area (Å²) in [7, 11) is 3.97. The minimum absolute atomic E-state index is 0.0477. The Morgan fingerprint density at radius 1 is 1.06 bits per heavy atom. The molecule has 5 rings (SSSR count). The molecule has 0 spiro atoms. The predicted octanol–water partition coefficient (Wildman–Crippen LogP) is 3.05. The number of hydrogen-bond donors (Lipinski definition) is 0. The van der Waals surface area contributed by atoms with E-state index in [-0.39, 0.29) is 12.2 Å². The van der Waals surface area contributed by atoms with Crippen molar-refractivity contribution in [3.05, 3.63) is 66.0 Å². The molecule has 5 heterocycles. The number of aromatic nitrogens is 6. The van der Waals surface area contributed by atoms with Crippen LogP contribution in [0.2, 0.25) is 0 Å². The van der Waals surface area contributed by atoms with Crippen molar-refractivity contribution in [2.75, 3.05) is 20.1 Å². The smallest absolute Gasteiger partial charge is 0.168 e. The molecule has 0 aromatic carbocycles. The van der Waals surface area contributed by atoms with E-state index in [4.69, 9.17) is 0 Å². The summed E-state index contributed by atoms with van der Waals surface area (Å²) in [6, 6.07) is 7.70. The van der Waals surface area contributed by atoms with Gasteiger partial charge in [0.25, 0.3) is 0 Å². The number of aryl methyl sites for hydroxylation is 1. The van der Waals surface area contributed by atoms with E-state index in [9.17, 15) is 4.79 Å². The highest BCUT2D eigenvalue weighted by Crippen LogP contribution is 2.27. The van der Waals surface area contributed by atoms with E-state index < -0.39 is 0 Å². The third kappa shape index (κ3) is 4.27. The lowest BCUT2D eigenvalue weighted by Crippen LogP contribution is -2.29. The number of hydrogen-bond acceptors (Lipinski definition) is 7. The third-order valence-corrected chi connectivity index (χ3v) is 6.10. The molecule has 0 saturated carbocycles. The van der Waals surface area contributed by atoms with Crippen LogP contribution >= 0.6 is 0 Å². The van der Waals surface area contributed by atoms with Gasteiger partial charge in [0.05, 0.1) is 24.3 Å². The third-order valence-electron chi connectivity index (χ3n) is 6.10. The zero-order valence-electron chi connectivity index (χ0n) is 18.3. The predicted molar refractivity (Wildman–Crippen MR) is 121 cm³/mol. The minimum Gasteiger partial charge on any atom is -0.306 e. The van der Waals surface area contributed by atoms with E-state index in [1.807, 2.05) is 31.4 Å². The van der Waals surface area contributed by atoms with E-state index in [0.29, 0.717) is 11.5 Å². The van der Waals surface area contributed by atoms with Gasteiger partial charge in [-0.15, -0.1) is 5.10 Å². The molecule has 1 saturated heterocycles. The van der Waals surface area contributed by atoms with Gasteiger partial charge < -0.3 is 4.90 Å². The Balaban J connectivity index is 1.36. The summed E-state index contributed by atoms with van der Waals surface area (Å²) in [6.07, 6.45) is 9.48. The van der Waals surface area contributed by atoms with E-state index >= 15 is 0 Å². The van der Waals surface area contributed by atoms with Gasteiger partial charge in [0.2, 0.25) is 0 Å². The first-order valence-electron chi connectivity index (χ1n) is 10.8. The zero-order chi connectivity index (χ0) is 22.1. The Kier molecular flexibility index (Phi) is 5.45. The van der Waals surface area contributed by atoms with Crippen molar-refractivity contribution >= 4 is 16.7 Å². The molecule has 8 heteroatoms. The number of fused-ring (bicyclic) bond motifs is 1. The molecular weight excluding hydrogens is 402 g/mol. The van der Waals surface area contributed by atoms with Crippen LogP contribution in [0.1, 0.15) is 40.5 Å². The van der Waals surface area contributed by atoms with Gasteiger partial charge in [-0.2, -0.15) is 0 Å². The quantitative estimate of drug-likeness (QED) is 0.452. The van der Waals surface area contributed by atoms with Crippen LogP contribution in [0.5, 0.6) is 0 Å². The largest absolute Gasteiger partial charge is 0.306 e. The highest BCUT2D eigenvalue weighted by atomic mass is 16.1. The number of rotatable bonds is 5. The number of pyridine rings is 3. The van der Waals surface area contributed by atoms with Gasteiger partial charge in [-0.3, -0.25) is 24.4 Å². The number of likely N-dealkylation sites (tertiary alicyclic amines) is 1. The number of nitrogens with zero attached hydrogens (tertiary/aromatic N) is 7. The number of ketones is 1. The Bertz CT molecular complexity index is 1270. The molecular formula is C24H25N7O. The lowest BCUT2D eigenvalue weighted by molar-refractivity contribution is 0.0991. The first kappa shape index (κ1) is 20.4. The molecule has 0 amide bonds. The summed E-state index contributed by atoms with van der Waals surface area (Å²) in [5.41, 5.74) is 4.86. The Morgan fingerprint density at radius 2 is 1.91 bits per heavy atom. The standard InChI is InChI=1S/C24H25N7O/c1-30-7-4-16(5-8-30)21-11-17(3-6-25-21)24(32)12-20-10-18-9-19(13-27-22(18)14-26-20)23-15-31(2)29-28-23/h3,6,9-11,13-16H,4-5,7-8,12H2,1-2H3. The molecule has 0 N–H and O–H groups in total. The number of carbonyl (C=O) groups excluding carboxylic acids is 1. The maximum absolute atomic E-state index is 13.0. The average Bonchev–Trinajstić information content (AvgIpc) is 3.25. The second-order valence-corrected chi connectivity index (χ2v) is 8.52. The van der Waals surface area contributed by atoms with Gasteiger partial charge >= 0.3 is 0 Å². The molecule has 4 aromatic heterocycles. The fourth-order valence-electron chi connectivity index (χ4n) is 4.21. The SMILES string of the molecule is CN1CCC(c2cc(C(=O)Cc3cc4cc(-c5cn(C)nn5)cnc4cn3)ccn2)CC1. The molecule has 162 valence electrons. The zero-order valence-corrected chi connectivity index (χ0v) is 18.3. The molecule has 0 unspecified atom stereocenters. The fraction of sp³-hybridized carbons (Fsp3) is 0.333. The average molecular weight is 428 g/mol. The van der Waals surface area contributed by atoms with Gasteiger partial charge in [-0.1, -0.05) is 5.21 Å². The molecule has 8 nitrogen and oxygen atoms in total. The van der Waals surface area contributed by atoms with Gasteiger partial charge in [0, 0.05) is 53.3 Å². The molecule has 0 atom stereocenters. The molecule has 4 aromatic rings. The van der Waals surface area contributed by atoms with Crippen molar-refractivity contribution in [2.45, 2.75) is 25.2 Å². The lowest BCUT2D eigenvalue weighted by atomic mass is 9.92. The van der Waals surface area contributed by atoms with Crippen molar-refractivity contribution in [1.29, 1.82) is 0 Å². The van der Waals surface area contributed by atoms with E-state index in [1.165, 1.54) is 0 Å². The van der Waals surface area contributed by atoms with E-state index in [0.717, 1.165) is 59.5 Å². The number of piperidine rings is 1. The minimum atomic E-state index is 0.0477. The van der Waals surface area contributed by atoms with Crippen LogP contribution in [-0.2, 0) is 13.5 Å². The van der Waals surface area contributed by atoms with E-state index in [1.54, 1.807) is 29.3 Å². The van der Waals surface area contributed by atoms with Crippen molar-refractivity contribution in [3.8, 4) is 11.3 Å². The first-order valence-corrected chi connectivity index (χ1v) is 10.8. The van der Waals surface area contributed by atoms with Crippen LogP contribution in [0.4, 0.5) is 0 Å². The lowest BCUT2D eigenvalue weighted by Gasteiger charge is -2.28. The summed E-state index contributed by atoms with van der Waals surface area (Å²) in [6.45, 7) is 2.13. The van der Waals surface area contributed by atoms with Gasteiger partial charge in [-0.25, -0.2) is 0 Å². The van der Waals surface area contributed by atoms with Crippen molar-refractivity contribution in [3.63, 3.8) is 0 Å². The van der Waals surface area contributed by atoms with Crippen LogP contribution in [-0.4, -0.2) is 60.8 Å². The molecule has 1 fully saturated rings. The van der Waals surface area contributed by atoms with Crippen molar-refractivity contribution in [1.82, 2.24) is 34.8 Å². The van der Waals surface area contributed by atoms with Gasteiger partial charge in [0.1, 0.15) is 5.69 Å². The maximum Gasteiger partial charge on any atom is 0.168 e. The summed E-state index contributed by atoms with van der Waals surface area (Å²) < 4.78 is 1.66. The number of carbonyl (C=O) groups is 1. The van der Waals surface area contributed by atoms with Crippen LogP contribution in [0.15, 0.2) is 49.1 Å². The Labute approximate surface area is 186 Å². The summed E-state index contributed by atoms with van der Waals surface area (Å²) in [5, 5.41) is 9.06. The highest BCUT2D eigenvalue weighted by Gasteiger charge is 2.20. The van der Waals surface area contributed by atoms with Crippen LogP contribution < -0.4 is 0 Å². The molecule has 1 aliphatic rings. The van der Waals surface area contributed by atoms with Crippen LogP contribution in [0.25, 0.3) is 22.2 Å². The Morgan fingerprint density at radius 3 is 2.69 bits per heavy atom. The summed E-state index contributed by atoms with van der Waals surface area (Å²) in [5.74, 6) is 0.467. The Hall–Kier alpha value is -3.52. The maximum atomic E-state index is 13.0. The molecule has 0 radical (unpaired) electrons. The van der Waals surface area contributed by atoms with Crippen molar-refractivity contribution < 1.29 is 4.79 Å². The summed E-state index contributed by atoms with van der Waals surface area (Å²) in [4.78, 5) is 28.8. The second-order valence-electron chi connectivity index (χ2n) is 8.52. The molecule has 0 bridgehead atoms. The first-order chi connectivity index (χ1) is 15.5. The monoisotopic (exact) mass is 427 g/mol. The molecule has 32 heavy (non-hydrogen) atoms. The second kappa shape index (κ2) is 8.55. The topological polar surface area (TPSA) is 89.7 Å².